The monoisotopic (exact) mass is 294 g/mol. The Hall–Kier alpha value is -2.86. The second-order valence-corrected chi connectivity index (χ2v) is 5.33. The molecular weight excluding hydrogens is 280 g/mol. The van der Waals surface area contributed by atoms with E-state index in [1.165, 1.54) is 0 Å². The Kier molecular flexibility index (Phi) is 2.67. The van der Waals surface area contributed by atoms with Crippen molar-refractivity contribution in [3.8, 4) is 11.3 Å². The van der Waals surface area contributed by atoms with Gasteiger partial charge in [0.25, 0.3) is 0 Å². The minimum absolute atomic E-state index is 0.00214. The largest absolute Gasteiger partial charge is 0.392 e. The van der Waals surface area contributed by atoms with Crippen LogP contribution in [0, 0.1) is 0 Å². The van der Waals surface area contributed by atoms with Gasteiger partial charge in [-0.25, -0.2) is 4.98 Å². The molecule has 0 atom stereocenters. The standard InChI is InChI=1S/C16H14N4O2/c17-15-14(19-16-10(8-21)2-1-5-20(15)16)9-3-4-12-11(6-9)7-13(22)18-12/h1-6,21H,7-8,17H2,(H,18,22). The number of anilines is 2. The number of pyridine rings is 1. The van der Waals surface area contributed by atoms with Gasteiger partial charge in [-0.15, -0.1) is 0 Å². The molecule has 1 aromatic carbocycles. The van der Waals surface area contributed by atoms with Gasteiger partial charge in [-0.05, 0) is 23.8 Å². The number of aromatic nitrogens is 2. The Morgan fingerprint density at radius 1 is 1.36 bits per heavy atom. The van der Waals surface area contributed by atoms with Gasteiger partial charge in [0.15, 0.2) is 0 Å². The number of hydrogen-bond acceptors (Lipinski definition) is 4. The van der Waals surface area contributed by atoms with Crippen LogP contribution in [0.3, 0.4) is 0 Å². The van der Waals surface area contributed by atoms with E-state index < -0.39 is 0 Å². The van der Waals surface area contributed by atoms with Gasteiger partial charge >= 0.3 is 0 Å². The van der Waals surface area contributed by atoms with E-state index >= 15 is 0 Å². The molecule has 0 bridgehead atoms. The molecule has 1 amide bonds. The smallest absolute Gasteiger partial charge is 0.228 e. The number of nitrogens with zero attached hydrogens (tertiary/aromatic N) is 2. The van der Waals surface area contributed by atoms with Crippen LogP contribution < -0.4 is 11.1 Å². The quantitative estimate of drug-likeness (QED) is 0.669. The molecule has 4 N–H and O–H groups in total. The topological polar surface area (TPSA) is 92.7 Å². The predicted molar refractivity (Wildman–Crippen MR) is 83.3 cm³/mol. The zero-order valence-electron chi connectivity index (χ0n) is 11.7. The van der Waals surface area contributed by atoms with E-state index in [9.17, 15) is 9.90 Å². The van der Waals surface area contributed by atoms with E-state index in [0.717, 1.165) is 22.4 Å². The lowest BCUT2D eigenvalue weighted by atomic mass is 10.1. The molecule has 2 aromatic heterocycles. The van der Waals surface area contributed by atoms with Gasteiger partial charge < -0.3 is 16.2 Å². The highest BCUT2D eigenvalue weighted by Gasteiger charge is 2.20. The summed E-state index contributed by atoms with van der Waals surface area (Å²) < 4.78 is 1.76. The third-order valence-corrected chi connectivity index (χ3v) is 3.94. The Balaban J connectivity index is 1.90. The zero-order valence-corrected chi connectivity index (χ0v) is 11.7. The summed E-state index contributed by atoms with van der Waals surface area (Å²) >= 11 is 0. The highest BCUT2D eigenvalue weighted by Crippen LogP contribution is 2.32. The van der Waals surface area contributed by atoms with Crippen LogP contribution in [0.4, 0.5) is 11.5 Å². The van der Waals surface area contributed by atoms with Crippen molar-refractivity contribution in [2.75, 3.05) is 11.1 Å². The van der Waals surface area contributed by atoms with Crippen LogP contribution in [0.1, 0.15) is 11.1 Å². The van der Waals surface area contributed by atoms with Crippen molar-refractivity contribution in [1.29, 1.82) is 0 Å². The molecule has 0 saturated heterocycles. The zero-order chi connectivity index (χ0) is 15.3. The fourth-order valence-electron chi connectivity index (χ4n) is 2.85. The molecule has 110 valence electrons. The average Bonchev–Trinajstić information content (AvgIpc) is 3.06. The molecular formula is C16H14N4O2. The Morgan fingerprint density at radius 2 is 2.23 bits per heavy atom. The Labute approximate surface area is 126 Å². The molecule has 0 fully saturated rings. The highest BCUT2D eigenvalue weighted by atomic mass is 16.3. The van der Waals surface area contributed by atoms with Crippen molar-refractivity contribution in [3.63, 3.8) is 0 Å². The first-order chi connectivity index (χ1) is 10.7. The fraction of sp³-hybridized carbons (Fsp3) is 0.125. The lowest BCUT2D eigenvalue weighted by molar-refractivity contribution is -0.115. The number of amides is 1. The lowest BCUT2D eigenvalue weighted by Gasteiger charge is -2.03. The maximum atomic E-state index is 11.5. The molecule has 3 heterocycles. The van der Waals surface area contributed by atoms with Gasteiger partial charge in [0.1, 0.15) is 17.2 Å². The number of benzene rings is 1. The number of rotatable bonds is 2. The molecule has 3 aromatic rings. The molecule has 0 aliphatic carbocycles. The molecule has 1 aliphatic rings. The van der Waals surface area contributed by atoms with E-state index in [1.54, 1.807) is 4.40 Å². The van der Waals surface area contributed by atoms with Crippen molar-refractivity contribution in [2.45, 2.75) is 13.0 Å². The molecule has 6 nitrogen and oxygen atoms in total. The van der Waals surface area contributed by atoms with Gasteiger partial charge in [-0.1, -0.05) is 12.1 Å². The summed E-state index contributed by atoms with van der Waals surface area (Å²) in [4.78, 5) is 16.0. The SMILES string of the molecule is Nc1c(-c2ccc3c(c2)CC(=O)N3)nc2c(CO)cccn12. The number of carbonyl (C=O) groups is 1. The Morgan fingerprint density at radius 3 is 3.05 bits per heavy atom. The van der Waals surface area contributed by atoms with E-state index in [4.69, 9.17) is 5.73 Å². The summed E-state index contributed by atoms with van der Waals surface area (Å²) in [6.45, 7) is -0.0944. The lowest BCUT2D eigenvalue weighted by Crippen LogP contribution is -2.03. The highest BCUT2D eigenvalue weighted by molar-refractivity contribution is 5.99. The minimum Gasteiger partial charge on any atom is -0.392 e. The average molecular weight is 294 g/mol. The van der Waals surface area contributed by atoms with E-state index in [-0.39, 0.29) is 12.5 Å². The molecule has 6 heteroatoms. The molecule has 0 unspecified atom stereocenters. The Bertz CT molecular complexity index is 914. The van der Waals surface area contributed by atoms with Gasteiger partial charge in [-0.2, -0.15) is 0 Å². The van der Waals surface area contributed by atoms with Crippen LogP contribution >= 0.6 is 0 Å². The number of nitrogens with two attached hydrogens (primary N) is 1. The van der Waals surface area contributed by atoms with Crippen LogP contribution in [0.25, 0.3) is 16.9 Å². The molecule has 0 spiro atoms. The summed E-state index contributed by atoms with van der Waals surface area (Å²) in [6.07, 6.45) is 2.19. The normalized spacial score (nSPS) is 13.4. The third kappa shape index (κ3) is 1.78. The molecule has 1 aliphatic heterocycles. The minimum atomic E-state index is -0.0944. The van der Waals surface area contributed by atoms with Crippen LogP contribution in [0.2, 0.25) is 0 Å². The summed E-state index contributed by atoms with van der Waals surface area (Å²) in [7, 11) is 0. The number of imidazole rings is 1. The van der Waals surface area contributed by atoms with Crippen LogP contribution in [-0.4, -0.2) is 20.4 Å². The van der Waals surface area contributed by atoms with E-state index in [0.29, 0.717) is 23.6 Å². The molecule has 4 rings (SSSR count). The van der Waals surface area contributed by atoms with Crippen molar-refractivity contribution in [2.24, 2.45) is 0 Å². The number of aliphatic hydroxyl groups is 1. The van der Waals surface area contributed by atoms with Crippen LogP contribution in [-0.2, 0) is 17.8 Å². The van der Waals surface area contributed by atoms with E-state index in [1.807, 2.05) is 36.5 Å². The van der Waals surface area contributed by atoms with E-state index in [2.05, 4.69) is 10.3 Å². The maximum Gasteiger partial charge on any atom is 0.228 e. The number of aliphatic hydroxyl groups excluding tert-OH is 1. The first-order valence-electron chi connectivity index (χ1n) is 6.97. The van der Waals surface area contributed by atoms with Crippen molar-refractivity contribution in [3.05, 3.63) is 47.7 Å². The van der Waals surface area contributed by atoms with Gasteiger partial charge in [0.05, 0.1) is 13.0 Å². The van der Waals surface area contributed by atoms with Gasteiger partial charge in [0.2, 0.25) is 5.91 Å². The first-order valence-corrected chi connectivity index (χ1v) is 6.97. The van der Waals surface area contributed by atoms with Crippen molar-refractivity contribution >= 4 is 23.1 Å². The van der Waals surface area contributed by atoms with Crippen molar-refractivity contribution < 1.29 is 9.90 Å². The summed E-state index contributed by atoms with van der Waals surface area (Å²) in [6, 6.07) is 9.33. The van der Waals surface area contributed by atoms with Crippen molar-refractivity contribution in [1.82, 2.24) is 9.38 Å². The number of fused-ring (bicyclic) bond motifs is 2. The van der Waals surface area contributed by atoms with Crippen LogP contribution in [0.5, 0.6) is 0 Å². The second kappa shape index (κ2) is 4.57. The summed E-state index contributed by atoms with van der Waals surface area (Å²) in [5.41, 5.74) is 10.9. The number of hydrogen-bond donors (Lipinski definition) is 3. The number of nitrogens with one attached hydrogen (secondary N) is 1. The molecule has 0 radical (unpaired) electrons. The predicted octanol–water partition coefficient (Wildman–Crippen LogP) is 1.57. The second-order valence-electron chi connectivity index (χ2n) is 5.33. The molecule has 0 saturated carbocycles. The third-order valence-electron chi connectivity index (χ3n) is 3.94. The number of carbonyl (C=O) groups excluding carboxylic acids is 1. The van der Waals surface area contributed by atoms with Gasteiger partial charge in [-0.3, -0.25) is 9.20 Å². The first kappa shape index (κ1) is 12.8. The summed E-state index contributed by atoms with van der Waals surface area (Å²) in [5, 5.41) is 12.2. The molecule has 22 heavy (non-hydrogen) atoms. The maximum absolute atomic E-state index is 11.5. The number of nitrogen functional groups attached to an aromatic ring is 1. The van der Waals surface area contributed by atoms with Gasteiger partial charge in [0, 0.05) is 23.0 Å². The van der Waals surface area contributed by atoms with Crippen LogP contribution in [0.15, 0.2) is 36.5 Å². The summed E-state index contributed by atoms with van der Waals surface area (Å²) in [5.74, 6) is 0.514. The fourth-order valence-corrected chi connectivity index (χ4v) is 2.85.